The van der Waals surface area contributed by atoms with E-state index in [9.17, 15) is 0 Å². The molecular formula is C14H25N3O. The van der Waals surface area contributed by atoms with Gasteiger partial charge in [0.25, 0.3) is 0 Å². The Balaban J connectivity index is 2.01. The fourth-order valence-corrected chi connectivity index (χ4v) is 2.77. The minimum absolute atomic E-state index is 0.293. The summed E-state index contributed by atoms with van der Waals surface area (Å²) >= 11 is 0. The van der Waals surface area contributed by atoms with Gasteiger partial charge in [0.15, 0.2) is 0 Å². The molecule has 1 atom stereocenters. The van der Waals surface area contributed by atoms with Crippen molar-refractivity contribution < 1.29 is 4.74 Å². The van der Waals surface area contributed by atoms with Gasteiger partial charge < -0.3 is 14.6 Å². The Kier molecular flexibility index (Phi) is 5.05. The first-order valence-corrected chi connectivity index (χ1v) is 7.09. The molecule has 1 fully saturated rings. The maximum Gasteiger partial charge on any atom is 0.203 e. The number of hydrogen-bond acceptors (Lipinski definition) is 3. The summed E-state index contributed by atoms with van der Waals surface area (Å²) in [5.74, 6) is 0.992. The van der Waals surface area contributed by atoms with Crippen LogP contribution in [0, 0.1) is 0 Å². The van der Waals surface area contributed by atoms with Gasteiger partial charge in [0, 0.05) is 31.6 Å². The summed E-state index contributed by atoms with van der Waals surface area (Å²) in [5, 5.41) is 3.44. The van der Waals surface area contributed by atoms with E-state index in [-0.39, 0.29) is 0 Å². The van der Waals surface area contributed by atoms with Gasteiger partial charge in [0.05, 0.1) is 6.61 Å². The van der Waals surface area contributed by atoms with Crippen LogP contribution in [0.15, 0.2) is 12.4 Å². The topological polar surface area (TPSA) is 39.1 Å². The second-order valence-electron chi connectivity index (χ2n) is 5.30. The molecule has 2 rings (SSSR count). The zero-order valence-electron chi connectivity index (χ0n) is 11.6. The van der Waals surface area contributed by atoms with E-state index in [1.165, 1.54) is 38.5 Å². The number of ether oxygens (including phenoxy) is 1. The molecule has 102 valence electrons. The molecule has 1 aliphatic rings. The van der Waals surface area contributed by atoms with Crippen molar-refractivity contribution in [3.8, 4) is 0 Å². The summed E-state index contributed by atoms with van der Waals surface area (Å²) in [5.41, 5.74) is 0. The van der Waals surface area contributed by atoms with E-state index < -0.39 is 0 Å². The van der Waals surface area contributed by atoms with Crippen LogP contribution in [-0.2, 0) is 4.74 Å². The lowest BCUT2D eigenvalue weighted by molar-refractivity contribution is 0.190. The maximum absolute atomic E-state index is 5.16. The van der Waals surface area contributed by atoms with E-state index in [1.807, 2.05) is 6.20 Å². The van der Waals surface area contributed by atoms with Gasteiger partial charge >= 0.3 is 0 Å². The molecule has 0 saturated heterocycles. The van der Waals surface area contributed by atoms with Crippen molar-refractivity contribution in [3.63, 3.8) is 0 Å². The second kappa shape index (κ2) is 6.78. The molecule has 0 amide bonds. The largest absolute Gasteiger partial charge is 0.383 e. The smallest absolute Gasteiger partial charge is 0.203 e. The van der Waals surface area contributed by atoms with Gasteiger partial charge in [-0.2, -0.15) is 0 Å². The number of rotatable bonds is 5. The van der Waals surface area contributed by atoms with Crippen LogP contribution in [0.2, 0.25) is 0 Å². The van der Waals surface area contributed by atoms with Gasteiger partial charge in [-0.3, -0.25) is 0 Å². The summed E-state index contributed by atoms with van der Waals surface area (Å²) in [6.45, 7) is 2.83. The molecular weight excluding hydrogens is 226 g/mol. The van der Waals surface area contributed by atoms with E-state index in [4.69, 9.17) is 4.74 Å². The Morgan fingerprint density at radius 2 is 2.11 bits per heavy atom. The van der Waals surface area contributed by atoms with Gasteiger partial charge in [0.1, 0.15) is 0 Å². The van der Waals surface area contributed by atoms with Crippen molar-refractivity contribution in [2.24, 2.45) is 0 Å². The third kappa shape index (κ3) is 3.48. The first-order chi connectivity index (χ1) is 8.81. The first-order valence-electron chi connectivity index (χ1n) is 7.09. The van der Waals surface area contributed by atoms with Crippen LogP contribution in [0.4, 0.5) is 5.95 Å². The highest BCUT2D eigenvalue weighted by molar-refractivity contribution is 5.28. The van der Waals surface area contributed by atoms with E-state index in [2.05, 4.69) is 28.0 Å². The van der Waals surface area contributed by atoms with Crippen LogP contribution in [0.1, 0.15) is 51.5 Å². The average molecular weight is 251 g/mol. The summed E-state index contributed by atoms with van der Waals surface area (Å²) in [6, 6.07) is 0.911. The summed E-state index contributed by atoms with van der Waals surface area (Å²) in [4.78, 5) is 4.44. The highest BCUT2D eigenvalue weighted by Crippen LogP contribution is 2.29. The molecule has 0 bridgehead atoms. The van der Waals surface area contributed by atoms with Gasteiger partial charge in [-0.1, -0.05) is 25.7 Å². The van der Waals surface area contributed by atoms with E-state index in [0.717, 1.165) is 5.95 Å². The fourth-order valence-electron chi connectivity index (χ4n) is 2.77. The Morgan fingerprint density at radius 3 is 2.78 bits per heavy atom. The molecule has 0 spiro atoms. The fraction of sp³-hybridized carbons (Fsp3) is 0.786. The van der Waals surface area contributed by atoms with E-state index >= 15 is 0 Å². The molecule has 1 unspecified atom stereocenters. The lowest BCUT2D eigenvalue weighted by Gasteiger charge is -2.21. The zero-order valence-corrected chi connectivity index (χ0v) is 11.6. The number of imidazole rings is 1. The normalized spacial score (nSPS) is 19.4. The van der Waals surface area contributed by atoms with Crippen molar-refractivity contribution in [1.29, 1.82) is 0 Å². The van der Waals surface area contributed by atoms with Crippen molar-refractivity contribution in [3.05, 3.63) is 12.4 Å². The average Bonchev–Trinajstić information content (AvgIpc) is 2.64. The molecule has 0 aromatic carbocycles. The van der Waals surface area contributed by atoms with Gasteiger partial charge in [-0.15, -0.1) is 0 Å². The molecule has 1 heterocycles. The maximum atomic E-state index is 5.16. The number of aromatic nitrogens is 2. The molecule has 18 heavy (non-hydrogen) atoms. The molecule has 1 aliphatic carbocycles. The number of nitrogens with zero attached hydrogens (tertiary/aromatic N) is 2. The Morgan fingerprint density at radius 1 is 1.39 bits per heavy atom. The highest BCUT2D eigenvalue weighted by Gasteiger charge is 2.17. The predicted molar refractivity (Wildman–Crippen MR) is 73.9 cm³/mol. The van der Waals surface area contributed by atoms with E-state index in [1.54, 1.807) is 7.11 Å². The number of nitrogens with one attached hydrogen (secondary N) is 1. The lowest BCUT2D eigenvalue weighted by Crippen LogP contribution is -2.24. The van der Waals surface area contributed by atoms with Crippen molar-refractivity contribution >= 4 is 5.95 Å². The Labute approximate surface area is 110 Å². The summed E-state index contributed by atoms with van der Waals surface area (Å²) in [7, 11) is 1.73. The molecule has 1 aromatic rings. The van der Waals surface area contributed by atoms with Gasteiger partial charge in [-0.05, 0) is 19.8 Å². The van der Waals surface area contributed by atoms with Crippen LogP contribution in [0.3, 0.4) is 0 Å². The minimum atomic E-state index is 0.293. The third-order valence-corrected chi connectivity index (χ3v) is 3.68. The zero-order chi connectivity index (χ0) is 12.8. The van der Waals surface area contributed by atoms with Crippen molar-refractivity contribution in [1.82, 2.24) is 9.55 Å². The molecule has 1 aromatic heterocycles. The van der Waals surface area contributed by atoms with Crippen LogP contribution in [-0.4, -0.2) is 29.3 Å². The summed E-state index contributed by atoms with van der Waals surface area (Å²) < 4.78 is 7.48. The van der Waals surface area contributed by atoms with Crippen LogP contribution >= 0.6 is 0 Å². The van der Waals surface area contributed by atoms with Gasteiger partial charge in [-0.25, -0.2) is 4.98 Å². The predicted octanol–water partition coefficient (Wildman–Crippen LogP) is 3.23. The van der Waals surface area contributed by atoms with Crippen LogP contribution < -0.4 is 5.32 Å². The molecule has 1 saturated carbocycles. The number of methoxy groups -OCH3 is 1. The summed E-state index contributed by atoms with van der Waals surface area (Å²) in [6.07, 6.45) is 12.0. The van der Waals surface area contributed by atoms with Crippen molar-refractivity contribution in [2.45, 2.75) is 57.5 Å². The van der Waals surface area contributed by atoms with Crippen LogP contribution in [0.5, 0.6) is 0 Å². The second-order valence-corrected chi connectivity index (χ2v) is 5.30. The monoisotopic (exact) mass is 251 g/mol. The first kappa shape index (κ1) is 13.4. The molecule has 4 nitrogen and oxygen atoms in total. The van der Waals surface area contributed by atoms with Crippen molar-refractivity contribution in [2.75, 3.05) is 19.0 Å². The molecule has 0 aliphatic heterocycles. The lowest BCUT2D eigenvalue weighted by atomic mass is 10.1. The Bertz CT molecular complexity index is 343. The Hall–Kier alpha value is -1.03. The third-order valence-electron chi connectivity index (χ3n) is 3.68. The SMILES string of the molecule is COCC(C)Nc1nccn1C1CCCCCC1. The quantitative estimate of drug-likeness (QED) is 0.817. The number of anilines is 1. The van der Waals surface area contributed by atoms with Gasteiger partial charge in [0.2, 0.25) is 5.95 Å². The minimum Gasteiger partial charge on any atom is -0.383 e. The highest BCUT2D eigenvalue weighted by atomic mass is 16.5. The molecule has 0 radical (unpaired) electrons. The van der Waals surface area contributed by atoms with E-state index in [0.29, 0.717) is 18.7 Å². The standard InChI is InChI=1S/C14H25N3O/c1-12(11-18-2)16-14-15-9-10-17(14)13-7-5-3-4-6-8-13/h9-10,12-13H,3-8,11H2,1-2H3,(H,15,16). The molecule has 4 heteroatoms. The molecule has 1 N–H and O–H groups in total. The van der Waals surface area contributed by atoms with Crippen LogP contribution in [0.25, 0.3) is 0 Å². The number of hydrogen-bond donors (Lipinski definition) is 1.